The van der Waals surface area contributed by atoms with Gasteiger partial charge >= 0.3 is 0 Å². The number of fused-ring (bicyclic) bond motifs is 1. The fraction of sp³-hybridized carbons (Fsp3) is 0.114. The SMILES string of the molecule is Cc1ccc(NS(=O)(=O)c2ccc3c(c2)C(=O)N(c2ccc(C)cc2)[C@@H](c2ccc([N+](=O)[O-])cc2)N3Cc2ccccc2)cc1. The van der Waals surface area contributed by atoms with Crippen molar-refractivity contribution >= 4 is 38.7 Å². The number of hydrogen-bond acceptors (Lipinski definition) is 6. The Kier molecular flexibility index (Phi) is 7.82. The van der Waals surface area contributed by atoms with Crippen LogP contribution in [0.5, 0.6) is 0 Å². The lowest BCUT2D eigenvalue weighted by atomic mass is 9.98. The molecule has 0 saturated heterocycles. The summed E-state index contributed by atoms with van der Waals surface area (Å²) < 4.78 is 29.6. The summed E-state index contributed by atoms with van der Waals surface area (Å²) >= 11 is 0. The van der Waals surface area contributed by atoms with Crippen LogP contribution in [0.2, 0.25) is 0 Å². The molecule has 0 aromatic heterocycles. The smallest absolute Gasteiger partial charge is 0.269 e. The number of non-ortho nitro benzene ring substituents is 1. The molecule has 45 heavy (non-hydrogen) atoms. The van der Waals surface area contributed by atoms with Crippen LogP contribution in [0, 0.1) is 24.0 Å². The number of carbonyl (C=O) groups is 1. The topological polar surface area (TPSA) is 113 Å². The highest BCUT2D eigenvalue weighted by molar-refractivity contribution is 7.92. The third-order valence-electron chi connectivity index (χ3n) is 7.79. The van der Waals surface area contributed by atoms with Gasteiger partial charge in [-0.15, -0.1) is 0 Å². The van der Waals surface area contributed by atoms with Gasteiger partial charge < -0.3 is 4.90 Å². The highest BCUT2D eigenvalue weighted by Crippen LogP contribution is 2.43. The van der Waals surface area contributed by atoms with Gasteiger partial charge in [0.2, 0.25) is 0 Å². The van der Waals surface area contributed by atoms with Crippen LogP contribution < -0.4 is 14.5 Å². The van der Waals surface area contributed by atoms with E-state index in [0.717, 1.165) is 16.7 Å². The lowest BCUT2D eigenvalue weighted by molar-refractivity contribution is -0.384. The molecule has 226 valence electrons. The minimum atomic E-state index is -4.03. The molecule has 9 nitrogen and oxygen atoms in total. The minimum absolute atomic E-state index is 0.0486. The molecule has 1 N–H and O–H groups in total. The molecule has 0 saturated carbocycles. The van der Waals surface area contributed by atoms with Gasteiger partial charge in [-0.05, 0) is 79.6 Å². The van der Waals surface area contributed by atoms with Crippen LogP contribution in [0.3, 0.4) is 0 Å². The molecule has 0 bridgehead atoms. The predicted molar refractivity (Wildman–Crippen MR) is 175 cm³/mol. The Morgan fingerprint density at radius 2 is 1.42 bits per heavy atom. The van der Waals surface area contributed by atoms with Crippen LogP contribution in [-0.4, -0.2) is 19.2 Å². The first-order valence-corrected chi connectivity index (χ1v) is 15.8. The first-order valence-electron chi connectivity index (χ1n) is 14.3. The van der Waals surface area contributed by atoms with Gasteiger partial charge in [0.1, 0.15) is 6.17 Å². The number of hydrogen-bond donors (Lipinski definition) is 1. The van der Waals surface area contributed by atoms with E-state index in [2.05, 4.69) is 4.72 Å². The highest BCUT2D eigenvalue weighted by atomic mass is 32.2. The van der Waals surface area contributed by atoms with E-state index in [4.69, 9.17) is 0 Å². The van der Waals surface area contributed by atoms with Crippen LogP contribution >= 0.6 is 0 Å². The van der Waals surface area contributed by atoms with Crippen molar-refractivity contribution in [1.82, 2.24) is 0 Å². The number of nitrogens with one attached hydrogen (secondary N) is 1. The molecule has 0 aliphatic carbocycles. The summed E-state index contributed by atoms with van der Waals surface area (Å²) in [5, 5.41) is 11.4. The van der Waals surface area contributed by atoms with E-state index in [1.54, 1.807) is 35.2 Å². The maximum absolute atomic E-state index is 14.5. The molecule has 0 fully saturated rings. The Labute approximate surface area is 261 Å². The molecule has 5 aromatic rings. The molecule has 1 atom stereocenters. The van der Waals surface area contributed by atoms with Crippen molar-refractivity contribution in [3.05, 3.63) is 159 Å². The van der Waals surface area contributed by atoms with Gasteiger partial charge in [-0.1, -0.05) is 65.7 Å². The fourth-order valence-electron chi connectivity index (χ4n) is 5.46. The Bertz CT molecular complexity index is 1980. The van der Waals surface area contributed by atoms with E-state index in [1.807, 2.05) is 85.5 Å². The molecule has 1 amide bonds. The summed E-state index contributed by atoms with van der Waals surface area (Å²) in [5.74, 6) is -0.395. The third kappa shape index (κ3) is 6.00. The quantitative estimate of drug-likeness (QED) is 0.143. The van der Waals surface area contributed by atoms with Gasteiger partial charge in [-0.2, -0.15) is 0 Å². The second-order valence-electron chi connectivity index (χ2n) is 11.0. The summed E-state index contributed by atoms with van der Waals surface area (Å²) in [7, 11) is -4.03. The molecule has 0 radical (unpaired) electrons. The fourth-order valence-corrected chi connectivity index (χ4v) is 6.55. The lowest BCUT2D eigenvalue weighted by Gasteiger charge is -2.46. The minimum Gasteiger partial charge on any atom is -0.342 e. The van der Waals surface area contributed by atoms with Crippen LogP contribution in [0.1, 0.15) is 38.8 Å². The number of nitrogens with zero attached hydrogens (tertiary/aromatic N) is 3. The van der Waals surface area contributed by atoms with Gasteiger partial charge in [-0.25, -0.2) is 8.42 Å². The second-order valence-corrected chi connectivity index (χ2v) is 12.7. The molecule has 0 spiro atoms. The number of rotatable bonds is 8. The summed E-state index contributed by atoms with van der Waals surface area (Å²) in [4.78, 5) is 29.1. The second kappa shape index (κ2) is 11.9. The van der Waals surface area contributed by atoms with Crippen molar-refractivity contribution in [3.8, 4) is 0 Å². The third-order valence-corrected chi connectivity index (χ3v) is 9.17. The highest BCUT2D eigenvalue weighted by Gasteiger charge is 2.40. The first-order chi connectivity index (χ1) is 21.6. The van der Waals surface area contributed by atoms with E-state index in [0.29, 0.717) is 29.2 Å². The van der Waals surface area contributed by atoms with Gasteiger partial charge in [0.25, 0.3) is 21.6 Å². The van der Waals surface area contributed by atoms with Crippen molar-refractivity contribution in [2.45, 2.75) is 31.5 Å². The maximum atomic E-state index is 14.5. The normalized spacial score (nSPS) is 14.6. The zero-order chi connectivity index (χ0) is 31.7. The predicted octanol–water partition coefficient (Wildman–Crippen LogP) is 7.38. The van der Waals surface area contributed by atoms with Crippen LogP contribution in [0.25, 0.3) is 0 Å². The number of sulfonamides is 1. The number of amides is 1. The number of nitro groups is 1. The van der Waals surface area contributed by atoms with Gasteiger partial charge in [-0.3, -0.25) is 24.5 Å². The molecule has 1 aliphatic rings. The number of carbonyl (C=O) groups excluding carboxylic acids is 1. The van der Waals surface area contributed by atoms with Gasteiger partial charge in [0.15, 0.2) is 0 Å². The Hall–Kier alpha value is -5.48. The molecular weight excluding hydrogens is 588 g/mol. The monoisotopic (exact) mass is 618 g/mol. The average Bonchev–Trinajstić information content (AvgIpc) is 3.04. The van der Waals surface area contributed by atoms with E-state index in [-0.39, 0.29) is 16.1 Å². The molecule has 5 aromatic carbocycles. The van der Waals surface area contributed by atoms with Gasteiger partial charge in [0, 0.05) is 30.1 Å². The first kappa shape index (κ1) is 29.6. The van der Waals surface area contributed by atoms with Crippen LogP contribution in [0.4, 0.5) is 22.7 Å². The summed E-state index contributed by atoms with van der Waals surface area (Å²) in [6.07, 6.45) is -0.693. The van der Waals surface area contributed by atoms with Crippen molar-refractivity contribution in [2.75, 3.05) is 14.5 Å². The average molecular weight is 619 g/mol. The van der Waals surface area contributed by atoms with E-state index < -0.39 is 27.0 Å². The van der Waals surface area contributed by atoms with E-state index in [9.17, 15) is 23.3 Å². The lowest BCUT2D eigenvalue weighted by Crippen LogP contribution is -2.49. The summed E-state index contributed by atoms with van der Waals surface area (Å²) in [6, 6.07) is 35.0. The standard InChI is InChI=1S/C35H30N4O5S/c1-24-8-14-28(15-9-24)36-45(43,44)31-20-21-33-32(22-31)35(40)38(29-16-10-25(2)11-17-29)34(27-12-18-30(19-13-27)39(41)42)37(33)23-26-6-4-3-5-7-26/h3-22,34,36H,23H2,1-2H3/t34-/m0/s1. The summed E-state index contributed by atoms with van der Waals surface area (Å²) in [6.45, 7) is 4.24. The molecule has 6 rings (SSSR count). The number of aryl methyl sites for hydroxylation is 2. The van der Waals surface area contributed by atoms with Crippen molar-refractivity contribution in [1.29, 1.82) is 0 Å². The van der Waals surface area contributed by atoms with Crippen molar-refractivity contribution in [2.24, 2.45) is 0 Å². The van der Waals surface area contributed by atoms with Crippen LogP contribution in [-0.2, 0) is 16.6 Å². The maximum Gasteiger partial charge on any atom is 0.269 e. The van der Waals surface area contributed by atoms with Crippen molar-refractivity contribution in [3.63, 3.8) is 0 Å². The molecule has 0 unspecified atom stereocenters. The molecular formula is C35H30N4O5S. The molecule has 1 heterocycles. The largest absolute Gasteiger partial charge is 0.342 e. The molecule has 10 heteroatoms. The Morgan fingerprint density at radius 3 is 2.04 bits per heavy atom. The number of nitro benzene ring substituents is 1. The van der Waals surface area contributed by atoms with E-state index in [1.165, 1.54) is 24.3 Å². The molecule has 1 aliphatic heterocycles. The zero-order valence-electron chi connectivity index (χ0n) is 24.6. The van der Waals surface area contributed by atoms with Gasteiger partial charge in [0.05, 0.1) is 21.1 Å². The summed E-state index contributed by atoms with van der Waals surface area (Å²) in [5.41, 5.74) is 5.34. The number of anilines is 3. The van der Waals surface area contributed by atoms with Crippen LogP contribution in [0.15, 0.2) is 126 Å². The Balaban J connectivity index is 1.52. The van der Waals surface area contributed by atoms with E-state index >= 15 is 0 Å². The zero-order valence-corrected chi connectivity index (χ0v) is 25.4. The Morgan fingerprint density at radius 1 is 0.800 bits per heavy atom. The number of benzene rings is 5. The van der Waals surface area contributed by atoms with Crippen molar-refractivity contribution < 1.29 is 18.1 Å².